The minimum Gasteiger partial charge on any atom is -0.272 e. The molecule has 0 radical (unpaired) electrons. The van der Waals surface area contributed by atoms with Gasteiger partial charge in [0, 0.05) is 19.2 Å². The molecule has 0 aliphatic rings. The fourth-order valence-corrected chi connectivity index (χ4v) is 2.54. The first-order valence-corrected chi connectivity index (χ1v) is 7.10. The summed E-state index contributed by atoms with van der Waals surface area (Å²) in [4.78, 5) is 0. The van der Waals surface area contributed by atoms with Gasteiger partial charge in [-0.25, -0.2) is 0 Å². The van der Waals surface area contributed by atoms with Gasteiger partial charge in [0.2, 0.25) is 0 Å². The third-order valence-corrected chi connectivity index (χ3v) is 3.81. The molecule has 1 unspecified atom stereocenters. The van der Waals surface area contributed by atoms with Crippen LogP contribution in [0.4, 0.5) is 0 Å². The van der Waals surface area contributed by atoms with Crippen molar-refractivity contribution in [1.82, 2.24) is 15.2 Å². The summed E-state index contributed by atoms with van der Waals surface area (Å²) in [7, 11) is 1.99. The number of nitrogens with one attached hydrogen (secondary N) is 1. The maximum Gasteiger partial charge on any atom is 0.0624 e. The minimum atomic E-state index is 0.106. The molecular weight excluding hydrogens is 248 g/mol. The first-order chi connectivity index (χ1) is 9.55. The minimum absolute atomic E-state index is 0.106. The second kappa shape index (κ2) is 6.20. The Kier molecular flexibility index (Phi) is 4.57. The summed E-state index contributed by atoms with van der Waals surface area (Å²) < 4.78 is 1.95. The van der Waals surface area contributed by atoms with E-state index in [2.05, 4.69) is 55.6 Å². The third-order valence-electron chi connectivity index (χ3n) is 3.81. The maximum absolute atomic E-state index is 5.78. The van der Waals surface area contributed by atoms with Crippen LogP contribution in [-0.2, 0) is 19.9 Å². The number of aromatic nitrogens is 2. The van der Waals surface area contributed by atoms with E-state index < -0.39 is 0 Å². The third kappa shape index (κ3) is 3.08. The summed E-state index contributed by atoms with van der Waals surface area (Å²) in [6, 6.07) is 8.75. The number of hydrogen-bond acceptors (Lipinski definition) is 3. The van der Waals surface area contributed by atoms with Gasteiger partial charge in [-0.1, -0.05) is 30.7 Å². The van der Waals surface area contributed by atoms with Crippen LogP contribution in [0.25, 0.3) is 0 Å². The molecule has 0 aliphatic heterocycles. The van der Waals surface area contributed by atoms with Gasteiger partial charge in [0.05, 0.1) is 11.7 Å². The number of aryl methyl sites for hydroxylation is 4. The number of hydrogen-bond donors (Lipinski definition) is 2. The quantitative estimate of drug-likeness (QED) is 0.649. The van der Waals surface area contributed by atoms with Crippen LogP contribution in [0.2, 0.25) is 0 Å². The molecule has 1 atom stereocenters. The SMILES string of the molecule is CCc1cc(CC(NN)c2cc(C)ccc2C)n(C)n1. The molecule has 3 N–H and O–H groups in total. The van der Waals surface area contributed by atoms with Crippen molar-refractivity contribution in [2.75, 3.05) is 0 Å². The molecule has 0 spiro atoms. The fourth-order valence-electron chi connectivity index (χ4n) is 2.54. The summed E-state index contributed by atoms with van der Waals surface area (Å²) >= 11 is 0. The molecule has 1 aromatic heterocycles. The van der Waals surface area contributed by atoms with Crippen molar-refractivity contribution >= 4 is 0 Å². The van der Waals surface area contributed by atoms with Crippen LogP contribution in [0, 0.1) is 13.8 Å². The Labute approximate surface area is 121 Å². The standard InChI is InChI=1S/C16H24N4/c1-5-13-9-14(20(4)19-13)10-16(18-17)15-8-11(2)6-7-12(15)3/h6-9,16,18H,5,10,17H2,1-4H3. The van der Waals surface area contributed by atoms with Gasteiger partial charge >= 0.3 is 0 Å². The molecule has 2 rings (SSSR count). The second-order valence-electron chi connectivity index (χ2n) is 5.39. The molecule has 0 saturated carbocycles. The summed E-state index contributed by atoms with van der Waals surface area (Å²) in [5, 5.41) is 4.50. The molecule has 0 fully saturated rings. The Hall–Kier alpha value is -1.65. The highest BCUT2D eigenvalue weighted by Gasteiger charge is 2.16. The van der Waals surface area contributed by atoms with Crippen LogP contribution < -0.4 is 11.3 Å². The Morgan fingerprint density at radius 3 is 2.65 bits per heavy atom. The molecule has 4 nitrogen and oxygen atoms in total. The van der Waals surface area contributed by atoms with E-state index >= 15 is 0 Å². The van der Waals surface area contributed by atoms with Crippen molar-refractivity contribution < 1.29 is 0 Å². The number of nitrogens with two attached hydrogens (primary N) is 1. The van der Waals surface area contributed by atoms with Gasteiger partial charge in [-0.05, 0) is 37.5 Å². The Morgan fingerprint density at radius 1 is 1.30 bits per heavy atom. The zero-order valence-electron chi connectivity index (χ0n) is 12.8. The topological polar surface area (TPSA) is 55.9 Å². The van der Waals surface area contributed by atoms with Crippen molar-refractivity contribution in [2.24, 2.45) is 12.9 Å². The average Bonchev–Trinajstić information content (AvgIpc) is 2.79. The van der Waals surface area contributed by atoms with Crippen molar-refractivity contribution in [3.8, 4) is 0 Å². The molecule has 0 saturated heterocycles. The van der Waals surface area contributed by atoms with Gasteiger partial charge in [-0.15, -0.1) is 0 Å². The number of benzene rings is 1. The van der Waals surface area contributed by atoms with Gasteiger partial charge in [-0.2, -0.15) is 5.10 Å². The van der Waals surface area contributed by atoms with E-state index in [-0.39, 0.29) is 6.04 Å². The van der Waals surface area contributed by atoms with E-state index in [0.29, 0.717) is 0 Å². The molecule has 2 aromatic rings. The summed E-state index contributed by atoms with van der Waals surface area (Å²) in [5.74, 6) is 5.78. The van der Waals surface area contributed by atoms with Crippen LogP contribution in [0.3, 0.4) is 0 Å². The lowest BCUT2D eigenvalue weighted by Crippen LogP contribution is -2.30. The van der Waals surface area contributed by atoms with Gasteiger partial charge in [-0.3, -0.25) is 16.0 Å². The molecule has 0 amide bonds. The number of nitrogens with zero attached hydrogens (tertiary/aromatic N) is 2. The van der Waals surface area contributed by atoms with Gasteiger partial charge in [0.25, 0.3) is 0 Å². The highest BCUT2D eigenvalue weighted by molar-refractivity contribution is 5.33. The van der Waals surface area contributed by atoms with Crippen LogP contribution in [0.1, 0.15) is 41.0 Å². The Balaban J connectivity index is 2.28. The average molecular weight is 272 g/mol. The van der Waals surface area contributed by atoms with E-state index in [9.17, 15) is 0 Å². The van der Waals surface area contributed by atoms with E-state index in [1.807, 2.05) is 11.7 Å². The molecule has 108 valence electrons. The van der Waals surface area contributed by atoms with Gasteiger partial charge in [0.1, 0.15) is 0 Å². The molecular formula is C16H24N4. The highest BCUT2D eigenvalue weighted by Crippen LogP contribution is 2.22. The van der Waals surface area contributed by atoms with Gasteiger partial charge < -0.3 is 0 Å². The first-order valence-electron chi connectivity index (χ1n) is 7.10. The second-order valence-corrected chi connectivity index (χ2v) is 5.39. The van der Waals surface area contributed by atoms with E-state index in [1.165, 1.54) is 22.4 Å². The molecule has 1 aromatic carbocycles. The fraction of sp³-hybridized carbons (Fsp3) is 0.438. The lowest BCUT2D eigenvalue weighted by atomic mass is 9.96. The number of hydrazine groups is 1. The molecule has 20 heavy (non-hydrogen) atoms. The highest BCUT2D eigenvalue weighted by atomic mass is 15.3. The van der Waals surface area contributed by atoms with E-state index in [4.69, 9.17) is 5.84 Å². The largest absolute Gasteiger partial charge is 0.272 e. The van der Waals surface area contributed by atoms with Gasteiger partial charge in [0.15, 0.2) is 0 Å². The van der Waals surface area contributed by atoms with Crippen molar-refractivity contribution in [3.05, 3.63) is 52.3 Å². The lowest BCUT2D eigenvalue weighted by Gasteiger charge is -2.19. The molecule has 4 heteroatoms. The molecule has 1 heterocycles. The predicted molar refractivity (Wildman–Crippen MR) is 82.3 cm³/mol. The molecule has 0 aliphatic carbocycles. The Bertz CT molecular complexity index is 586. The van der Waals surface area contributed by atoms with E-state index in [1.54, 1.807) is 0 Å². The zero-order valence-corrected chi connectivity index (χ0v) is 12.8. The summed E-state index contributed by atoms with van der Waals surface area (Å²) in [6.07, 6.45) is 1.79. The monoisotopic (exact) mass is 272 g/mol. The maximum atomic E-state index is 5.78. The van der Waals surface area contributed by atoms with E-state index in [0.717, 1.165) is 18.5 Å². The predicted octanol–water partition coefficient (Wildman–Crippen LogP) is 2.35. The zero-order chi connectivity index (χ0) is 14.7. The van der Waals surface area contributed by atoms with Crippen LogP contribution >= 0.6 is 0 Å². The first kappa shape index (κ1) is 14.8. The van der Waals surface area contributed by atoms with Crippen LogP contribution in [0.15, 0.2) is 24.3 Å². The summed E-state index contributed by atoms with van der Waals surface area (Å²) in [5.41, 5.74) is 9.04. The molecule has 0 bridgehead atoms. The number of rotatable bonds is 5. The van der Waals surface area contributed by atoms with Crippen molar-refractivity contribution in [1.29, 1.82) is 0 Å². The lowest BCUT2D eigenvalue weighted by molar-refractivity contribution is 0.527. The van der Waals surface area contributed by atoms with Crippen molar-refractivity contribution in [3.63, 3.8) is 0 Å². The smallest absolute Gasteiger partial charge is 0.0624 e. The van der Waals surface area contributed by atoms with Crippen molar-refractivity contribution in [2.45, 2.75) is 39.7 Å². The van der Waals surface area contributed by atoms with Crippen LogP contribution in [-0.4, -0.2) is 9.78 Å². The normalized spacial score (nSPS) is 12.7. The Morgan fingerprint density at radius 2 is 2.05 bits per heavy atom. The summed E-state index contributed by atoms with van der Waals surface area (Å²) in [6.45, 7) is 6.35. The van der Waals surface area contributed by atoms with Crippen LogP contribution in [0.5, 0.6) is 0 Å².